The van der Waals surface area contributed by atoms with Crippen LogP contribution in [0.1, 0.15) is 36.5 Å². The minimum atomic E-state index is -0.0391. The van der Waals surface area contributed by atoms with Gasteiger partial charge in [0.1, 0.15) is 5.75 Å². The molecule has 2 rings (SSSR count). The molecule has 1 atom stereocenters. The SMILES string of the molecule is Cc1ccc(C2(C)CCCN2)c(O)c1C. The van der Waals surface area contributed by atoms with Crippen LogP contribution in [0.15, 0.2) is 12.1 Å². The molecule has 1 fully saturated rings. The number of phenolic OH excluding ortho intramolecular Hbond substituents is 1. The Bertz CT molecular complexity index is 378. The Balaban J connectivity index is 2.49. The average molecular weight is 205 g/mol. The summed E-state index contributed by atoms with van der Waals surface area (Å²) in [4.78, 5) is 0. The van der Waals surface area contributed by atoms with Crippen LogP contribution in [0.25, 0.3) is 0 Å². The lowest BCUT2D eigenvalue weighted by Gasteiger charge is -2.27. The highest BCUT2D eigenvalue weighted by atomic mass is 16.3. The third kappa shape index (κ3) is 1.63. The Labute approximate surface area is 91.3 Å². The van der Waals surface area contributed by atoms with E-state index < -0.39 is 0 Å². The second-order valence-corrected chi connectivity index (χ2v) is 4.77. The lowest BCUT2D eigenvalue weighted by molar-refractivity contribution is 0.392. The van der Waals surface area contributed by atoms with Crippen molar-refractivity contribution >= 4 is 0 Å². The van der Waals surface area contributed by atoms with Crippen LogP contribution in [0.3, 0.4) is 0 Å². The van der Waals surface area contributed by atoms with E-state index in [9.17, 15) is 5.11 Å². The largest absolute Gasteiger partial charge is 0.507 e. The molecule has 1 aliphatic rings. The lowest BCUT2D eigenvalue weighted by Crippen LogP contribution is -2.33. The zero-order chi connectivity index (χ0) is 11.1. The summed E-state index contributed by atoms with van der Waals surface area (Å²) in [7, 11) is 0. The van der Waals surface area contributed by atoms with Gasteiger partial charge in [-0.15, -0.1) is 0 Å². The Hall–Kier alpha value is -1.02. The molecule has 1 aliphatic heterocycles. The molecular weight excluding hydrogens is 186 g/mol. The fraction of sp³-hybridized carbons (Fsp3) is 0.538. The minimum absolute atomic E-state index is 0.0391. The summed E-state index contributed by atoms with van der Waals surface area (Å²) in [5.74, 6) is 0.465. The molecule has 1 unspecified atom stereocenters. The molecule has 0 saturated carbocycles. The topological polar surface area (TPSA) is 32.3 Å². The van der Waals surface area contributed by atoms with Crippen molar-refractivity contribution in [3.05, 3.63) is 28.8 Å². The first-order valence-electron chi connectivity index (χ1n) is 5.59. The number of aryl methyl sites for hydroxylation is 1. The quantitative estimate of drug-likeness (QED) is 0.738. The van der Waals surface area contributed by atoms with E-state index in [1.807, 2.05) is 13.8 Å². The summed E-state index contributed by atoms with van der Waals surface area (Å²) in [6, 6.07) is 4.14. The van der Waals surface area contributed by atoms with Crippen LogP contribution >= 0.6 is 0 Å². The molecule has 2 nitrogen and oxygen atoms in total. The highest BCUT2D eigenvalue weighted by molar-refractivity contribution is 5.47. The third-order valence-electron chi connectivity index (χ3n) is 3.67. The first kappa shape index (κ1) is 10.5. The third-order valence-corrected chi connectivity index (χ3v) is 3.67. The Morgan fingerprint density at radius 3 is 2.67 bits per heavy atom. The van der Waals surface area contributed by atoms with Gasteiger partial charge in [-0.2, -0.15) is 0 Å². The molecule has 1 saturated heterocycles. The molecule has 0 radical (unpaired) electrons. The van der Waals surface area contributed by atoms with Gasteiger partial charge in [0.05, 0.1) is 0 Å². The highest BCUT2D eigenvalue weighted by Crippen LogP contribution is 2.38. The van der Waals surface area contributed by atoms with Crippen molar-refractivity contribution in [2.75, 3.05) is 6.54 Å². The van der Waals surface area contributed by atoms with Crippen LogP contribution in [0.4, 0.5) is 0 Å². The van der Waals surface area contributed by atoms with E-state index in [1.165, 1.54) is 6.42 Å². The first-order valence-corrected chi connectivity index (χ1v) is 5.59. The Morgan fingerprint density at radius 2 is 2.07 bits per heavy atom. The number of aromatic hydroxyl groups is 1. The monoisotopic (exact) mass is 205 g/mol. The van der Waals surface area contributed by atoms with Gasteiger partial charge in [-0.1, -0.05) is 12.1 Å². The number of phenols is 1. The van der Waals surface area contributed by atoms with Crippen LogP contribution < -0.4 is 5.32 Å². The lowest BCUT2D eigenvalue weighted by atomic mass is 9.87. The van der Waals surface area contributed by atoms with Gasteiger partial charge < -0.3 is 10.4 Å². The summed E-state index contributed by atoms with van der Waals surface area (Å²) in [6.07, 6.45) is 2.28. The first-order chi connectivity index (χ1) is 7.04. The summed E-state index contributed by atoms with van der Waals surface area (Å²) < 4.78 is 0. The summed E-state index contributed by atoms with van der Waals surface area (Å²) in [5, 5.41) is 13.6. The molecule has 0 bridgehead atoms. The second-order valence-electron chi connectivity index (χ2n) is 4.77. The summed E-state index contributed by atoms with van der Waals surface area (Å²) in [6.45, 7) is 7.22. The smallest absolute Gasteiger partial charge is 0.123 e. The normalized spacial score (nSPS) is 25.8. The number of benzene rings is 1. The summed E-state index contributed by atoms with van der Waals surface area (Å²) in [5.41, 5.74) is 3.16. The number of hydrogen-bond acceptors (Lipinski definition) is 2. The van der Waals surface area contributed by atoms with Crippen molar-refractivity contribution in [2.45, 2.75) is 39.2 Å². The molecule has 1 aromatic rings. The molecule has 15 heavy (non-hydrogen) atoms. The van der Waals surface area contributed by atoms with Crippen molar-refractivity contribution in [3.8, 4) is 5.75 Å². The molecule has 82 valence electrons. The zero-order valence-corrected chi connectivity index (χ0v) is 9.72. The van der Waals surface area contributed by atoms with Gasteiger partial charge in [-0.3, -0.25) is 0 Å². The second kappa shape index (κ2) is 3.53. The maximum Gasteiger partial charge on any atom is 0.123 e. The molecule has 2 heteroatoms. The van der Waals surface area contributed by atoms with Crippen molar-refractivity contribution in [1.29, 1.82) is 0 Å². The van der Waals surface area contributed by atoms with E-state index in [4.69, 9.17) is 0 Å². The van der Waals surface area contributed by atoms with Gasteiger partial charge in [0.2, 0.25) is 0 Å². The number of nitrogens with one attached hydrogen (secondary N) is 1. The number of rotatable bonds is 1. The van der Waals surface area contributed by atoms with Gasteiger partial charge in [0.25, 0.3) is 0 Å². The molecule has 0 amide bonds. The molecule has 1 aromatic carbocycles. The Morgan fingerprint density at radius 1 is 1.33 bits per heavy atom. The van der Waals surface area contributed by atoms with Crippen LogP contribution in [0.5, 0.6) is 5.75 Å². The van der Waals surface area contributed by atoms with Crippen molar-refractivity contribution in [3.63, 3.8) is 0 Å². The van der Waals surface area contributed by atoms with Crippen LogP contribution in [0.2, 0.25) is 0 Å². The highest BCUT2D eigenvalue weighted by Gasteiger charge is 2.32. The Kier molecular flexibility index (Phi) is 2.47. The standard InChI is InChI=1S/C13H19NO/c1-9-5-6-11(12(15)10(9)2)13(3)7-4-8-14-13/h5-6,14-15H,4,7-8H2,1-3H3. The fourth-order valence-corrected chi connectivity index (χ4v) is 2.37. The molecular formula is C13H19NO. The van der Waals surface area contributed by atoms with Gasteiger partial charge >= 0.3 is 0 Å². The van der Waals surface area contributed by atoms with E-state index in [2.05, 4.69) is 24.4 Å². The molecule has 0 aromatic heterocycles. The molecule has 0 spiro atoms. The van der Waals surface area contributed by atoms with Crippen LogP contribution in [0, 0.1) is 13.8 Å². The average Bonchev–Trinajstić information content (AvgIpc) is 2.62. The zero-order valence-electron chi connectivity index (χ0n) is 9.72. The summed E-state index contributed by atoms with van der Waals surface area (Å²) >= 11 is 0. The maximum absolute atomic E-state index is 10.2. The predicted molar refractivity (Wildman–Crippen MR) is 62.2 cm³/mol. The van der Waals surface area contributed by atoms with E-state index in [0.717, 1.165) is 29.7 Å². The minimum Gasteiger partial charge on any atom is -0.507 e. The van der Waals surface area contributed by atoms with Crippen molar-refractivity contribution in [2.24, 2.45) is 0 Å². The van der Waals surface area contributed by atoms with Gasteiger partial charge in [0, 0.05) is 11.1 Å². The fourth-order valence-electron chi connectivity index (χ4n) is 2.37. The van der Waals surface area contributed by atoms with Crippen LogP contribution in [-0.4, -0.2) is 11.7 Å². The maximum atomic E-state index is 10.2. The van der Waals surface area contributed by atoms with Gasteiger partial charge in [-0.25, -0.2) is 0 Å². The van der Waals surface area contributed by atoms with E-state index in [1.54, 1.807) is 0 Å². The number of hydrogen-bond donors (Lipinski definition) is 2. The van der Waals surface area contributed by atoms with E-state index in [-0.39, 0.29) is 5.54 Å². The van der Waals surface area contributed by atoms with E-state index in [0.29, 0.717) is 5.75 Å². The predicted octanol–water partition coefficient (Wildman–Crippen LogP) is 2.61. The molecule has 1 heterocycles. The molecule has 2 N–H and O–H groups in total. The van der Waals surface area contributed by atoms with E-state index >= 15 is 0 Å². The van der Waals surface area contributed by atoms with Crippen molar-refractivity contribution in [1.82, 2.24) is 5.32 Å². The van der Waals surface area contributed by atoms with Gasteiger partial charge in [-0.05, 0) is 51.3 Å². The van der Waals surface area contributed by atoms with Gasteiger partial charge in [0.15, 0.2) is 0 Å². The van der Waals surface area contributed by atoms with Crippen LogP contribution in [-0.2, 0) is 5.54 Å². The van der Waals surface area contributed by atoms with Crippen molar-refractivity contribution < 1.29 is 5.11 Å². The molecule has 0 aliphatic carbocycles.